The van der Waals surface area contributed by atoms with Crippen LogP contribution in [0.15, 0.2) is 4.42 Å². The van der Waals surface area contributed by atoms with Gasteiger partial charge < -0.3 is 14.1 Å². The van der Waals surface area contributed by atoms with Gasteiger partial charge in [-0.2, -0.15) is 0 Å². The molecule has 0 aromatic carbocycles. The van der Waals surface area contributed by atoms with Gasteiger partial charge in [-0.05, 0) is 12.8 Å². The third kappa shape index (κ3) is 3.41. The standard InChI is InChI=1S/C14H22N4O3/c1-2-12-15-16-13(21-12)10-17-5-7-18(8-6-17)14(19)11-4-3-9-20-11/h11H,2-10H2,1H3. The van der Waals surface area contributed by atoms with Crippen LogP contribution in [0.2, 0.25) is 0 Å². The number of carbonyl (C=O) groups excluding carboxylic acids is 1. The molecule has 0 N–H and O–H groups in total. The largest absolute Gasteiger partial charge is 0.424 e. The van der Waals surface area contributed by atoms with E-state index in [4.69, 9.17) is 9.15 Å². The summed E-state index contributed by atoms with van der Waals surface area (Å²) in [7, 11) is 0. The highest BCUT2D eigenvalue weighted by Crippen LogP contribution is 2.16. The second-order valence-corrected chi connectivity index (χ2v) is 5.55. The topological polar surface area (TPSA) is 71.7 Å². The predicted octanol–water partition coefficient (Wildman–Crippen LogP) is 0.455. The van der Waals surface area contributed by atoms with Crippen LogP contribution in [0.3, 0.4) is 0 Å². The first-order valence-corrected chi connectivity index (χ1v) is 7.70. The Hall–Kier alpha value is -1.47. The number of hydrogen-bond donors (Lipinski definition) is 0. The molecule has 2 saturated heterocycles. The molecule has 0 spiro atoms. The van der Waals surface area contributed by atoms with E-state index in [-0.39, 0.29) is 12.0 Å². The van der Waals surface area contributed by atoms with E-state index in [2.05, 4.69) is 15.1 Å². The molecule has 2 fully saturated rings. The zero-order valence-electron chi connectivity index (χ0n) is 12.5. The average Bonchev–Trinajstić information content (AvgIpc) is 3.19. The van der Waals surface area contributed by atoms with Crippen LogP contribution >= 0.6 is 0 Å². The lowest BCUT2D eigenvalue weighted by Gasteiger charge is -2.35. The van der Waals surface area contributed by atoms with Crippen molar-refractivity contribution in [2.24, 2.45) is 0 Å². The van der Waals surface area contributed by atoms with Crippen molar-refractivity contribution in [2.75, 3.05) is 32.8 Å². The van der Waals surface area contributed by atoms with Gasteiger partial charge in [0.05, 0.1) is 6.54 Å². The summed E-state index contributed by atoms with van der Waals surface area (Å²) in [5, 5.41) is 8.01. The summed E-state index contributed by atoms with van der Waals surface area (Å²) in [6.07, 6.45) is 2.41. The Morgan fingerprint density at radius 2 is 2.00 bits per heavy atom. The van der Waals surface area contributed by atoms with Crippen LogP contribution < -0.4 is 0 Å². The lowest BCUT2D eigenvalue weighted by Crippen LogP contribution is -2.51. The maximum atomic E-state index is 12.2. The lowest BCUT2D eigenvalue weighted by atomic mass is 10.2. The number of amides is 1. The molecule has 1 unspecified atom stereocenters. The van der Waals surface area contributed by atoms with Crippen LogP contribution in [0.5, 0.6) is 0 Å². The Kier molecular flexibility index (Phi) is 4.50. The number of nitrogens with zero attached hydrogens (tertiary/aromatic N) is 4. The highest BCUT2D eigenvalue weighted by atomic mass is 16.5. The first-order valence-electron chi connectivity index (χ1n) is 7.70. The summed E-state index contributed by atoms with van der Waals surface area (Å²) in [6.45, 7) is 6.53. The highest BCUT2D eigenvalue weighted by molar-refractivity contribution is 5.81. The minimum absolute atomic E-state index is 0.151. The fourth-order valence-corrected chi connectivity index (χ4v) is 2.79. The summed E-state index contributed by atoms with van der Waals surface area (Å²) < 4.78 is 11.0. The third-order valence-corrected chi connectivity index (χ3v) is 4.06. The monoisotopic (exact) mass is 294 g/mol. The summed E-state index contributed by atoms with van der Waals surface area (Å²) in [5.41, 5.74) is 0. The fourth-order valence-electron chi connectivity index (χ4n) is 2.79. The van der Waals surface area contributed by atoms with Crippen molar-refractivity contribution < 1.29 is 13.9 Å². The van der Waals surface area contributed by atoms with Gasteiger partial charge in [0.2, 0.25) is 11.8 Å². The van der Waals surface area contributed by atoms with Gasteiger partial charge in [0.1, 0.15) is 6.10 Å². The van der Waals surface area contributed by atoms with Crippen molar-refractivity contribution in [2.45, 2.75) is 38.8 Å². The number of piperazine rings is 1. The van der Waals surface area contributed by atoms with Crippen LogP contribution in [-0.4, -0.2) is 64.8 Å². The smallest absolute Gasteiger partial charge is 0.251 e. The molecule has 7 nitrogen and oxygen atoms in total. The van der Waals surface area contributed by atoms with Crippen molar-refractivity contribution in [3.05, 3.63) is 11.8 Å². The number of carbonyl (C=O) groups is 1. The van der Waals surface area contributed by atoms with Crippen LogP contribution in [0.1, 0.15) is 31.5 Å². The molecule has 3 heterocycles. The molecule has 1 aromatic rings. The Morgan fingerprint density at radius 1 is 1.24 bits per heavy atom. The molecule has 0 radical (unpaired) electrons. The Morgan fingerprint density at radius 3 is 2.62 bits per heavy atom. The molecule has 0 aliphatic carbocycles. The molecular weight excluding hydrogens is 272 g/mol. The van der Waals surface area contributed by atoms with Crippen molar-refractivity contribution in [1.29, 1.82) is 0 Å². The number of hydrogen-bond acceptors (Lipinski definition) is 6. The van der Waals surface area contributed by atoms with Crippen LogP contribution in [0.4, 0.5) is 0 Å². The molecule has 0 bridgehead atoms. The van der Waals surface area contributed by atoms with Gasteiger partial charge in [0, 0.05) is 39.2 Å². The summed E-state index contributed by atoms with van der Waals surface area (Å²) in [4.78, 5) is 16.4. The number of aromatic nitrogens is 2. The fraction of sp³-hybridized carbons (Fsp3) is 0.786. The zero-order valence-corrected chi connectivity index (χ0v) is 12.5. The second-order valence-electron chi connectivity index (χ2n) is 5.55. The first kappa shape index (κ1) is 14.5. The van der Waals surface area contributed by atoms with Gasteiger partial charge in [-0.25, -0.2) is 0 Å². The minimum atomic E-state index is -0.209. The van der Waals surface area contributed by atoms with E-state index in [1.54, 1.807) is 0 Å². The lowest BCUT2D eigenvalue weighted by molar-refractivity contribution is -0.142. The van der Waals surface area contributed by atoms with Crippen molar-refractivity contribution in [3.63, 3.8) is 0 Å². The Labute approximate surface area is 124 Å². The van der Waals surface area contributed by atoms with Crippen molar-refractivity contribution in [1.82, 2.24) is 20.0 Å². The van der Waals surface area contributed by atoms with Gasteiger partial charge in [-0.1, -0.05) is 6.92 Å². The van der Waals surface area contributed by atoms with Crippen molar-refractivity contribution in [3.8, 4) is 0 Å². The third-order valence-electron chi connectivity index (χ3n) is 4.06. The second kappa shape index (κ2) is 6.53. The normalized spacial score (nSPS) is 23.7. The van der Waals surface area contributed by atoms with Gasteiger partial charge in [-0.15, -0.1) is 10.2 Å². The number of rotatable bonds is 4. The van der Waals surface area contributed by atoms with E-state index in [0.717, 1.165) is 45.4 Å². The van der Waals surface area contributed by atoms with Gasteiger partial charge in [-0.3, -0.25) is 9.69 Å². The molecular formula is C14H22N4O3. The number of aryl methyl sites for hydroxylation is 1. The Bertz CT molecular complexity index is 476. The predicted molar refractivity (Wildman–Crippen MR) is 74.5 cm³/mol. The summed E-state index contributed by atoms with van der Waals surface area (Å²) in [6, 6.07) is 0. The van der Waals surface area contributed by atoms with Gasteiger partial charge in [0.25, 0.3) is 5.91 Å². The molecule has 116 valence electrons. The molecule has 2 aliphatic heterocycles. The first-order chi connectivity index (χ1) is 10.3. The maximum absolute atomic E-state index is 12.2. The average molecular weight is 294 g/mol. The van der Waals surface area contributed by atoms with Crippen LogP contribution in [-0.2, 0) is 22.5 Å². The molecule has 3 rings (SSSR count). The minimum Gasteiger partial charge on any atom is -0.424 e. The molecule has 1 amide bonds. The maximum Gasteiger partial charge on any atom is 0.251 e. The summed E-state index contributed by atoms with van der Waals surface area (Å²) in [5.74, 6) is 1.49. The molecule has 1 atom stereocenters. The van der Waals surface area contributed by atoms with Crippen molar-refractivity contribution >= 4 is 5.91 Å². The molecule has 1 aromatic heterocycles. The van der Waals surface area contributed by atoms with E-state index >= 15 is 0 Å². The zero-order chi connectivity index (χ0) is 14.7. The van der Waals surface area contributed by atoms with E-state index in [9.17, 15) is 4.79 Å². The van der Waals surface area contributed by atoms with E-state index in [0.29, 0.717) is 24.9 Å². The van der Waals surface area contributed by atoms with Crippen LogP contribution in [0, 0.1) is 0 Å². The van der Waals surface area contributed by atoms with Gasteiger partial charge >= 0.3 is 0 Å². The van der Waals surface area contributed by atoms with E-state index in [1.165, 1.54) is 0 Å². The molecule has 0 saturated carbocycles. The SMILES string of the molecule is CCc1nnc(CN2CCN(C(=O)C3CCCO3)CC2)o1. The van der Waals surface area contributed by atoms with E-state index < -0.39 is 0 Å². The van der Waals surface area contributed by atoms with Crippen LogP contribution in [0.25, 0.3) is 0 Å². The molecule has 7 heteroatoms. The molecule has 21 heavy (non-hydrogen) atoms. The summed E-state index contributed by atoms with van der Waals surface area (Å²) >= 11 is 0. The van der Waals surface area contributed by atoms with Gasteiger partial charge in [0.15, 0.2) is 0 Å². The number of ether oxygens (including phenoxy) is 1. The Balaban J connectivity index is 1.47. The molecule has 2 aliphatic rings. The quantitative estimate of drug-likeness (QED) is 0.803. The highest BCUT2D eigenvalue weighted by Gasteiger charge is 2.30. The van der Waals surface area contributed by atoms with E-state index in [1.807, 2.05) is 11.8 Å².